The molecule has 2 N–H and O–H groups in total. The molecule has 1 saturated heterocycles. The van der Waals surface area contributed by atoms with Gasteiger partial charge in [0.1, 0.15) is 6.54 Å². The summed E-state index contributed by atoms with van der Waals surface area (Å²) in [6, 6.07) is 1.18. The first-order valence-electron chi connectivity index (χ1n) is 4.82. The van der Waals surface area contributed by atoms with Crippen molar-refractivity contribution >= 4 is 5.91 Å². The predicted molar refractivity (Wildman–Crippen MR) is 53.9 cm³/mol. The molecule has 0 bridgehead atoms. The van der Waals surface area contributed by atoms with E-state index in [9.17, 15) is 14.4 Å². The molecule has 0 saturated carbocycles. The van der Waals surface area contributed by atoms with Gasteiger partial charge in [0.15, 0.2) is 0 Å². The maximum absolute atomic E-state index is 11.5. The molecule has 86 valence electrons. The summed E-state index contributed by atoms with van der Waals surface area (Å²) in [5.74, 6) is -0.251. The lowest BCUT2D eigenvalue weighted by molar-refractivity contribution is -0.141. The van der Waals surface area contributed by atoms with Crippen LogP contribution in [-0.4, -0.2) is 44.7 Å². The summed E-state index contributed by atoms with van der Waals surface area (Å²) < 4.78 is 1.12. The van der Waals surface area contributed by atoms with Gasteiger partial charge in [0, 0.05) is 25.4 Å². The monoisotopic (exact) mass is 225 g/mol. The van der Waals surface area contributed by atoms with Crippen LogP contribution in [0.1, 0.15) is 0 Å². The molecule has 2 rings (SSSR count). The first kappa shape index (κ1) is 10.6. The average molecular weight is 225 g/mol. The summed E-state index contributed by atoms with van der Waals surface area (Å²) in [6.07, 6.45) is 0.811. The van der Waals surface area contributed by atoms with Crippen LogP contribution in [0.3, 0.4) is 0 Å². The second-order valence-corrected chi connectivity index (χ2v) is 3.69. The van der Waals surface area contributed by atoms with Crippen LogP contribution in [0.25, 0.3) is 0 Å². The summed E-state index contributed by atoms with van der Waals surface area (Å²) in [5, 5.41) is 9.01. The standard InChI is InChI=1S/C9H11N3O4/c13-6-3-12(4-6)8(15)5-11-2-1-7(14)10-9(11)16/h1-2,6,13H,3-5H2,(H,10,14,16). The molecule has 0 aromatic carbocycles. The molecular weight excluding hydrogens is 214 g/mol. The van der Waals surface area contributed by atoms with Gasteiger partial charge in [-0.3, -0.25) is 19.1 Å². The molecule has 2 heterocycles. The topological polar surface area (TPSA) is 95.4 Å². The van der Waals surface area contributed by atoms with Gasteiger partial charge in [-0.1, -0.05) is 0 Å². The van der Waals surface area contributed by atoms with E-state index in [4.69, 9.17) is 5.11 Å². The molecule has 0 spiro atoms. The second kappa shape index (κ2) is 3.93. The molecule has 0 aliphatic carbocycles. The fourth-order valence-corrected chi connectivity index (χ4v) is 1.47. The minimum atomic E-state index is -0.609. The number of amides is 1. The van der Waals surface area contributed by atoms with Crippen molar-refractivity contribution in [2.24, 2.45) is 0 Å². The third kappa shape index (κ3) is 2.03. The smallest absolute Gasteiger partial charge is 0.328 e. The Morgan fingerprint density at radius 2 is 2.19 bits per heavy atom. The number of hydrogen-bond acceptors (Lipinski definition) is 4. The van der Waals surface area contributed by atoms with Crippen LogP contribution in [0.4, 0.5) is 0 Å². The lowest BCUT2D eigenvalue weighted by Crippen LogP contribution is -2.54. The number of carbonyl (C=O) groups excluding carboxylic acids is 1. The van der Waals surface area contributed by atoms with Gasteiger partial charge in [-0.25, -0.2) is 4.79 Å². The molecule has 0 unspecified atom stereocenters. The zero-order chi connectivity index (χ0) is 11.7. The highest BCUT2D eigenvalue weighted by Crippen LogP contribution is 2.07. The zero-order valence-electron chi connectivity index (χ0n) is 8.42. The fourth-order valence-electron chi connectivity index (χ4n) is 1.47. The van der Waals surface area contributed by atoms with Crippen molar-refractivity contribution in [3.63, 3.8) is 0 Å². The van der Waals surface area contributed by atoms with Crippen molar-refractivity contribution in [1.82, 2.24) is 14.5 Å². The van der Waals surface area contributed by atoms with Gasteiger partial charge >= 0.3 is 5.69 Å². The molecule has 0 radical (unpaired) electrons. The maximum atomic E-state index is 11.5. The Hall–Kier alpha value is -1.89. The van der Waals surface area contributed by atoms with E-state index in [1.54, 1.807) is 0 Å². The highest BCUT2D eigenvalue weighted by Gasteiger charge is 2.28. The van der Waals surface area contributed by atoms with Crippen molar-refractivity contribution in [3.05, 3.63) is 33.1 Å². The summed E-state index contributed by atoms with van der Waals surface area (Å²) in [5.41, 5.74) is -1.10. The van der Waals surface area contributed by atoms with Crippen LogP contribution in [0.15, 0.2) is 21.9 Å². The van der Waals surface area contributed by atoms with Gasteiger partial charge < -0.3 is 10.0 Å². The number of rotatable bonds is 2. The highest BCUT2D eigenvalue weighted by atomic mass is 16.3. The molecular formula is C9H11N3O4. The number of aromatic nitrogens is 2. The van der Waals surface area contributed by atoms with Crippen LogP contribution in [0.5, 0.6) is 0 Å². The molecule has 1 fully saturated rings. The Morgan fingerprint density at radius 1 is 1.50 bits per heavy atom. The van der Waals surface area contributed by atoms with Gasteiger partial charge in [-0.05, 0) is 0 Å². The number of carbonyl (C=O) groups is 1. The van der Waals surface area contributed by atoms with E-state index >= 15 is 0 Å². The van der Waals surface area contributed by atoms with Crippen LogP contribution < -0.4 is 11.2 Å². The Labute approximate surface area is 89.9 Å². The number of aliphatic hydroxyl groups excluding tert-OH is 1. The molecule has 16 heavy (non-hydrogen) atoms. The van der Waals surface area contributed by atoms with Gasteiger partial charge in [-0.15, -0.1) is 0 Å². The van der Waals surface area contributed by atoms with Crippen molar-refractivity contribution in [1.29, 1.82) is 0 Å². The Bertz CT molecular complexity index is 512. The number of aliphatic hydroxyl groups is 1. The molecule has 1 aliphatic heterocycles. The van der Waals surface area contributed by atoms with E-state index in [0.29, 0.717) is 13.1 Å². The predicted octanol–water partition coefficient (Wildman–Crippen LogP) is -2.26. The number of β-amino-alcohol motifs (C(OH)–C–C–N with tert-alkyl or cyclic N) is 1. The van der Waals surface area contributed by atoms with Crippen molar-refractivity contribution in [3.8, 4) is 0 Å². The molecule has 7 heteroatoms. The first-order chi connectivity index (χ1) is 7.56. The summed E-state index contributed by atoms with van der Waals surface area (Å²) in [7, 11) is 0. The number of aromatic amines is 1. The SMILES string of the molecule is O=C(Cn1ccc(=O)[nH]c1=O)N1CC(O)C1. The first-order valence-corrected chi connectivity index (χ1v) is 4.82. The number of nitrogens with zero attached hydrogens (tertiary/aromatic N) is 2. The number of likely N-dealkylation sites (tertiary alicyclic amines) is 1. The molecule has 1 aromatic rings. The third-order valence-corrected chi connectivity index (χ3v) is 2.42. The van der Waals surface area contributed by atoms with Crippen molar-refractivity contribution in [2.45, 2.75) is 12.6 Å². The molecule has 1 aliphatic rings. The van der Waals surface area contributed by atoms with E-state index in [0.717, 1.165) is 4.57 Å². The average Bonchev–Trinajstić information content (AvgIpc) is 2.17. The van der Waals surface area contributed by atoms with Crippen molar-refractivity contribution in [2.75, 3.05) is 13.1 Å². The fraction of sp³-hybridized carbons (Fsp3) is 0.444. The molecule has 1 aromatic heterocycles. The Morgan fingerprint density at radius 3 is 2.75 bits per heavy atom. The lowest BCUT2D eigenvalue weighted by Gasteiger charge is -2.35. The van der Waals surface area contributed by atoms with Gasteiger partial charge in [0.25, 0.3) is 5.56 Å². The lowest BCUT2D eigenvalue weighted by atomic mass is 10.2. The summed E-state index contributed by atoms with van der Waals surface area (Å²) in [4.78, 5) is 37.1. The Balaban J connectivity index is 2.07. The van der Waals surface area contributed by atoms with Gasteiger partial charge in [0.05, 0.1) is 6.10 Å². The van der Waals surface area contributed by atoms with Crippen LogP contribution in [0.2, 0.25) is 0 Å². The molecule has 7 nitrogen and oxygen atoms in total. The van der Waals surface area contributed by atoms with Crippen LogP contribution in [0, 0.1) is 0 Å². The van der Waals surface area contributed by atoms with Gasteiger partial charge in [-0.2, -0.15) is 0 Å². The second-order valence-electron chi connectivity index (χ2n) is 3.69. The zero-order valence-corrected chi connectivity index (χ0v) is 8.42. The van der Waals surface area contributed by atoms with Crippen LogP contribution in [-0.2, 0) is 11.3 Å². The van der Waals surface area contributed by atoms with E-state index in [1.807, 2.05) is 0 Å². The van der Waals surface area contributed by atoms with Gasteiger partial charge in [0.2, 0.25) is 5.91 Å². The quantitative estimate of drug-likeness (QED) is 0.593. The summed E-state index contributed by atoms with van der Waals surface area (Å²) >= 11 is 0. The largest absolute Gasteiger partial charge is 0.389 e. The van der Waals surface area contributed by atoms with E-state index in [2.05, 4.69) is 4.98 Å². The minimum Gasteiger partial charge on any atom is -0.389 e. The van der Waals surface area contributed by atoms with E-state index < -0.39 is 17.4 Å². The highest BCUT2D eigenvalue weighted by molar-refractivity contribution is 5.76. The van der Waals surface area contributed by atoms with Crippen molar-refractivity contribution < 1.29 is 9.90 Å². The van der Waals surface area contributed by atoms with E-state index in [-0.39, 0.29) is 12.5 Å². The number of hydrogen-bond donors (Lipinski definition) is 2. The third-order valence-electron chi connectivity index (χ3n) is 2.42. The molecule has 1 amide bonds. The number of nitrogens with one attached hydrogen (secondary N) is 1. The summed E-state index contributed by atoms with van der Waals surface area (Å²) in [6.45, 7) is 0.482. The minimum absolute atomic E-state index is 0.123. The van der Waals surface area contributed by atoms with Crippen LogP contribution >= 0.6 is 0 Å². The van der Waals surface area contributed by atoms with E-state index in [1.165, 1.54) is 17.2 Å². The molecule has 0 atom stereocenters. The normalized spacial score (nSPS) is 15.9. The maximum Gasteiger partial charge on any atom is 0.328 e. The number of H-pyrrole nitrogens is 1. The Kier molecular flexibility index (Phi) is 2.61.